The maximum absolute atomic E-state index is 12.2. The Hall–Kier alpha value is -3.09. The maximum atomic E-state index is 12.2. The molecule has 0 spiro atoms. The zero-order chi connectivity index (χ0) is 17.9. The topological polar surface area (TPSA) is 47.0 Å². The van der Waals surface area contributed by atoms with Crippen molar-refractivity contribution in [2.24, 2.45) is 0 Å². The summed E-state index contributed by atoms with van der Waals surface area (Å²) in [6.07, 6.45) is -3.27. The van der Waals surface area contributed by atoms with Crippen LogP contribution in [0, 0.1) is 6.92 Å². The third kappa shape index (κ3) is 4.69. The van der Waals surface area contributed by atoms with Crippen LogP contribution < -0.4 is 10.1 Å². The number of anilines is 2. The second-order valence-corrected chi connectivity index (χ2v) is 5.35. The SMILES string of the molecule is Cc1ccc(-c2cc(Nc3ccc(OC(F)(F)F)cc3)ncn2)cc1. The van der Waals surface area contributed by atoms with Crippen molar-refractivity contribution in [1.29, 1.82) is 0 Å². The minimum Gasteiger partial charge on any atom is -0.406 e. The number of aromatic nitrogens is 2. The van der Waals surface area contributed by atoms with Crippen molar-refractivity contribution < 1.29 is 17.9 Å². The van der Waals surface area contributed by atoms with Crippen LogP contribution in [-0.2, 0) is 0 Å². The van der Waals surface area contributed by atoms with Crippen LogP contribution in [0.1, 0.15) is 5.56 Å². The fourth-order valence-electron chi connectivity index (χ4n) is 2.20. The summed E-state index contributed by atoms with van der Waals surface area (Å²) in [5, 5.41) is 3.03. The Kier molecular flexibility index (Phi) is 4.56. The molecule has 0 aliphatic heterocycles. The Balaban J connectivity index is 1.75. The van der Waals surface area contributed by atoms with Gasteiger partial charge in [0.15, 0.2) is 0 Å². The first-order valence-corrected chi connectivity index (χ1v) is 7.41. The van der Waals surface area contributed by atoms with Crippen LogP contribution in [0.5, 0.6) is 5.75 Å². The number of benzene rings is 2. The number of aryl methyl sites for hydroxylation is 1. The van der Waals surface area contributed by atoms with Crippen molar-refractivity contribution in [3.63, 3.8) is 0 Å². The molecule has 1 N–H and O–H groups in total. The number of hydrogen-bond acceptors (Lipinski definition) is 4. The molecule has 4 nitrogen and oxygen atoms in total. The molecule has 3 aromatic rings. The molecule has 0 unspecified atom stereocenters. The molecular formula is C18H14F3N3O. The summed E-state index contributed by atoms with van der Waals surface area (Å²) in [7, 11) is 0. The monoisotopic (exact) mass is 345 g/mol. The third-order valence-corrected chi connectivity index (χ3v) is 3.37. The van der Waals surface area contributed by atoms with Crippen molar-refractivity contribution >= 4 is 11.5 Å². The number of rotatable bonds is 4. The predicted molar refractivity (Wildman–Crippen MR) is 88.6 cm³/mol. The molecule has 1 aromatic heterocycles. The predicted octanol–water partition coefficient (Wildman–Crippen LogP) is 5.09. The summed E-state index contributed by atoms with van der Waals surface area (Å²) in [5.74, 6) is 0.260. The quantitative estimate of drug-likeness (QED) is 0.715. The number of nitrogens with one attached hydrogen (secondary N) is 1. The average Bonchev–Trinajstić information content (AvgIpc) is 2.56. The van der Waals surface area contributed by atoms with Gasteiger partial charge in [-0.05, 0) is 31.2 Å². The zero-order valence-corrected chi connectivity index (χ0v) is 13.2. The van der Waals surface area contributed by atoms with Gasteiger partial charge in [0, 0.05) is 17.3 Å². The van der Waals surface area contributed by atoms with Gasteiger partial charge in [0.1, 0.15) is 17.9 Å². The Morgan fingerprint density at radius 1 is 0.920 bits per heavy atom. The van der Waals surface area contributed by atoms with E-state index in [0.717, 1.165) is 16.8 Å². The lowest BCUT2D eigenvalue weighted by atomic mass is 10.1. The van der Waals surface area contributed by atoms with Gasteiger partial charge in [-0.15, -0.1) is 13.2 Å². The fourth-order valence-corrected chi connectivity index (χ4v) is 2.20. The highest BCUT2D eigenvalue weighted by molar-refractivity contribution is 5.65. The standard InChI is InChI=1S/C18H14F3N3O/c1-12-2-4-13(5-3-12)16-10-17(23-11-22-16)24-14-6-8-15(9-7-14)25-18(19,20)21/h2-11H,1H3,(H,22,23,24). The number of nitrogens with zero attached hydrogens (tertiary/aromatic N) is 2. The van der Waals surface area contributed by atoms with Crippen LogP contribution in [0.2, 0.25) is 0 Å². The van der Waals surface area contributed by atoms with Gasteiger partial charge in [-0.25, -0.2) is 9.97 Å². The van der Waals surface area contributed by atoms with E-state index >= 15 is 0 Å². The summed E-state index contributed by atoms with van der Waals surface area (Å²) in [6, 6.07) is 15.1. The van der Waals surface area contributed by atoms with E-state index in [2.05, 4.69) is 20.0 Å². The first-order chi connectivity index (χ1) is 11.9. The highest BCUT2D eigenvalue weighted by Crippen LogP contribution is 2.26. The van der Waals surface area contributed by atoms with E-state index in [1.807, 2.05) is 31.2 Å². The van der Waals surface area contributed by atoms with E-state index in [-0.39, 0.29) is 5.75 Å². The summed E-state index contributed by atoms with van der Waals surface area (Å²) in [6.45, 7) is 2.00. The van der Waals surface area contributed by atoms with Gasteiger partial charge in [-0.2, -0.15) is 0 Å². The van der Waals surface area contributed by atoms with Crippen LogP contribution in [0.4, 0.5) is 24.7 Å². The number of alkyl halides is 3. The Morgan fingerprint density at radius 3 is 2.24 bits per heavy atom. The Labute approximate surface area is 142 Å². The summed E-state index contributed by atoms with van der Waals surface area (Å²) in [5.41, 5.74) is 3.43. The molecule has 0 fully saturated rings. The average molecular weight is 345 g/mol. The van der Waals surface area contributed by atoms with E-state index in [9.17, 15) is 13.2 Å². The van der Waals surface area contributed by atoms with Crippen LogP contribution in [-0.4, -0.2) is 16.3 Å². The van der Waals surface area contributed by atoms with Gasteiger partial charge in [-0.1, -0.05) is 29.8 Å². The largest absolute Gasteiger partial charge is 0.573 e. The van der Waals surface area contributed by atoms with Crippen LogP contribution in [0.15, 0.2) is 60.9 Å². The number of halogens is 3. The third-order valence-electron chi connectivity index (χ3n) is 3.37. The Morgan fingerprint density at radius 2 is 1.60 bits per heavy atom. The highest BCUT2D eigenvalue weighted by atomic mass is 19.4. The van der Waals surface area contributed by atoms with Crippen molar-refractivity contribution in [1.82, 2.24) is 9.97 Å². The van der Waals surface area contributed by atoms with Gasteiger partial charge in [-0.3, -0.25) is 0 Å². The van der Waals surface area contributed by atoms with Gasteiger partial charge in [0.05, 0.1) is 5.69 Å². The molecule has 0 amide bonds. The molecule has 3 rings (SSSR count). The smallest absolute Gasteiger partial charge is 0.406 e. The first kappa shape index (κ1) is 16.8. The minimum atomic E-state index is -4.70. The minimum absolute atomic E-state index is 0.277. The summed E-state index contributed by atoms with van der Waals surface area (Å²) < 4.78 is 40.3. The van der Waals surface area contributed by atoms with E-state index in [0.29, 0.717) is 11.5 Å². The normalized spacial score (nSPS) is 11.2. The molecule has 2 aromatic carbocycles. The lowest BCUT2D eigenvalue weighted by molar-refractivity contribution is -0.274. The summed E-state index contributed by atoms with van der Waals surface area (Å²) in [4.78, 5) is 8.37. The second-order valence-electron chi connectivity index (χ2n) is 5.35. The van der Waals surface area contributed by atoms with Crippen molar-refractivity contribution in [2.45, 2.75) is 13.3 Å². The molecule has 7 heteroatoms. The van der Waals surface area contributed by atoms with E-state index < -0.39 is 6.36 Å². The molecule has 0 saturated carbocycles. The number of ether oxygens (including phenoxy) is 1. The van der Waals surface area contributed by atoms with Crippen molar-refractivity contribution in [2.75, 3.05) is 5.32 Å². The van der Waals surface area contributed by atoms with Gasteiger partial charge in [0.25, 0.3) is 0 Å². The second kappa shape index (κ2) is 6.80. The molecule has 0 radical (unpaired) electrons. The van der Waals surface area contributed by atoms with E-state index in [1.54, 1.807) is 6.07 Å². The Bertz CT molecular complexity index is 847. The molecule has 0 aliphatic carbocycles. The molecule has 0 saturated heterocycles. The molecule has 0 atom stereocenters. The van der Waals surface area contributed by atoms with E-state index in [4.69, 9.17) is 0 Å². The van der Waals surface area contributed by atoms with Crippen molar-refractivity contribution in [3.05, 3.63) is 66.5 Å². The van der Waals surface area contributed by atoms with Gasteiger partial charge in [0.2, 0.25) is 0 Å². The van der Waals surface area contributed by atoms with E-state index in [1.165, 1.54) is 30.6 Å². The molecular weight excluding hydrogens is 331 g/mol. The maximum Gasteiger partial charge on any atom is 0.573 e. The lowest BCUT2D eigenvalue weighted by Gasteiger charge is -2.10. The fraction of sp³-hybridized carbons (Fsp3) is 0.111. The number of hydrogen-bond donors (Lipinski definition) is 1. The zero-order valence-electron chi connectivity index (χ0n) is 13.2. The van der Waals surface area contributed by atoms with Crippen LogP contribution >= 0.6 is 0 Å². The van der Waals surface area contributed by atoms with Crippen LogP contribution in [0.3, 0.4) is 0 Å². The molecule has 0 aliphatic rings. The summed E-state index contributed by atoms with van der Waals surface area (Å²) >= 11 is 0. The molecule has 128 valence electrons. The van der Waals surface area contributed by atoms with Crippen LogP contribution in [0.25, 0.3) is 11.3 Å². The molecule has 25 heavy (non-hydrogen) atoms. The van der Waals surface area contributed by atoms with Crippen molar-refractivity contribution in [3.8, 4) is 17.0 Å². The van der Waals surface area contributed by atoms with Gasteiger partial charge >= 0.3 is 6.36 Å². The van der Waals surface area contributed by atoms with Gasteiger partial charge < -0.3 is 10.1 Å². The molecule has 0 bridgehead atoms. The first-order valence-electron chi connectivity index (χ1n) is 7.41. The molecule has 1 heterocycles. The highest BCUT2D eigenvalue weighted by Gasteiger charge is 2.30. The lowest BCUT2D eigenvalue weighted by Crippen LogP contribution is -2.16.